The normalized spacial score (nSPS) is 15.8. The highest BCUT2D eigenvalue weighted by atomic mass is 16.5. The molecule has 40 heavy (non-hydrogen) atoms. The largest absolute Gasteiger partial charge is 0.379 e. The fourth-order valence-electron chi connectivity index (χ4n) is 5.26. The second-order valence-corrected chi connectivity index (χ2v) is 10.3. The van der Waals surface area contributed by atoms with Crippen LogP contribution in [0, 0.1) is 0 Å². The van der Waals surface area contributed by atoms with Crippen LogP contribution in [-0.2, 0) is 4.74 Å². The number of ether oxygens (including phenoxy) is 1. The van der Waals surface area contributed by atoms with Crippen molar-refractivity contribution in [3.8, 4) is 11.4 Å². The van der Waals surface area contributed by atoms with E-state index in [1.165, 1.54) is 12.8 Å². The number of imidazole rings is 1. The number of amides is 2. The number of hydrogen-bond donors (Lipinski definition) is 3. The Hall–Kier alpha value is -4.21. The number of rotatable bonds is 8. The molecule has 4 aromatic rings. The number of benzene rings is 3. The van der Waals surface area contributed by atoms with E-state index in [1.54, 1.807) is 0 Å². The summed E-state index contributed by atoms with van der Waals surface area (Å²) in [6, 6.07) is 20.8. The van der Waals surface area contributed by atoms with Crippen molar-refractivity contribution >= 4 is 34.2 Å². The number of nitrogens with zero attached hydrogens (tertiary/aromatic N) is 3. The average Bonchev–Trinajstić information content (AvgIpc) is 3.68. The summed E-state index contributed by atoms with van der Waals surface area (Å²) in [4.78, 5) is 38.1. The minimum absolute atomic E-state index is 0.0875. The van der Waals surface area contributed by atoms with Crippen LogP contribution in [0.4, 0.5) is 11.4 Å². The lowest BCUT2D eigenvalue weighted by atomic mass is 10.1. The summed E-state index contributed by atoms with van der Waals surface area (Å²) in [5, 5.41) is 5.98. The van der Waals surface area contributed by atoms with E-state index in [0.29, 0.717) is 29.2 Å². The molecule has 9 nitrogen and oxygen atoms in total. The molecular formula is C31H34N6O3. The van der Waals surface area contributed by atoms with Crippen LogP contribution in [0.1, 0.15) is 33.6 Å². The van der Waals surface area contributed by atoms with Gasteiger partial charge in [-0.15, -0.1) is 0 Å². The Labute approximate surface area is 233 Å². The molecule has 3 aromatic carbocycles. The lowest BCUT2D eigenvalue weighted by Crippen LogP contribution is -2.41. The van der Waals surface area contributed by atoms with E-state index in [9.17, 15) is 9.59 Å². The molecule has 0 unspecified atom stereocenters. The van der Waals surface area contributed by atoms with Crippen LogP contribution in [0.2, 0.25) is 0 Å². The molecule has 0 saturated carbocycles. The number of aromatic nitrogens is 2. The number of anilines is 2. The van der Waals surface area contributed by atoms with Crippen molar-refractivity contribution in [3.05, 3.63) is 77.9 Å². The van der Waals surface area contributed by atoms with Gasteiger partial charge < -0.3 is 25.3 Å². The minimum atomic E-state index is -0.151. The summed E-state index contributed by atoms with van der Waals surface area (Å²) in [6.45, 7) is 6.89. The Morgan fingerprint density at radius 3 is 2.30 bits per heavy atom. The third-order valence-electron chi connectivity index (χ3n) is 7.58. The first-order valence-electron chi connectivity index (χ1n) is 14.0. The molecule has 3 N–H and O–H groups in total. The summed E-state index contributed by atoms with van der Waals surface area (Å²) < 4.78 is 5.36. The van der Waals surface area contributed by atoms with E-state index in [0.717, 1.165) is 68.2 Å². The van der Waals surface area contributed by atoms with Gasteiger partial charge in [-0.05, 0) is 67.4 Å². The predicted octanol–water partition coefficient (Wildman–Crippen LogP) is 4.14. The highest BCUT2D eigenvalue weighted by Gasteiger charge is 2.15. The second kappa shape index (κ2) is 11.9. The van der Waals surface area contributed by atoms with E-state index in [2.05, 4.69) is 25.4 Å². The van der Waals surface area contributed by atoms with Gasteiger partial charge in [0.05, 0.1) is 24.2 Å². The highest BCUT2D eigenvalue weighted by Crippen LogP contribution is 2.24. The molecule has 0 spiro atoms. The molecule has 0 radical (unpaired) electrons. The van der Waals surface area contributed by atoms with Crippen LogP contribution in [0.25, 0.3) is 22.4 Å². The van der Waals surface area contributed by atoms with Crippen molar-refractivity contribution in [2.24, 2.45) is 0 Å². The molecule has 2 fully saturated rings. The number of carbonyl (C=O) groups excluding carboxylic acids is 2. The van der Waals surface area contributed by atoms with Gasteiger partial charge in [-0.3, -0.25) is 14.5 Å². The maximum atomic E-state index is 12.8. The fraction of sp³-hybridized carbons (Fsp3) is 0.323. The highest BCUT2D eigenvalue weighted by molar-refractivity contribution is 6.05. The topological polar surface area (TPSA) is 103 Å². The first kappa shape index (κ1) is 26.0. The summed E-state index contributed by atoms with van der Waals surface area (Å²) >= 11 is 0. The van der Waals surface area contributed by atoms with Crippen LogP contribution < -0.4 is 15.5 Å². The first-order chi connectivity index (χ1) is 19.6. The van der Waals surface area contributed by atoms with E-state index in [1.807, 2.05) is 66.7 Å². The van der Waals surface area contributed by atoms with Crippen molar-refractivity contribution in [1.82, 2.24) is 20.2 Å². The van der Waals surface area contributed by atoms with Crippen LogP contribution >= 0.6 is 0 Å². The van der Waals surface area contributed by atoms with Crippen molar-refractivity contribution in [3.63, 3.8) is 0 Å². The van der Waals surface area contributed by atoms with Crippen molar-refractivity contribution < 1.29 is 14.3 Å². The fourth-order valence-corrected chi connectivity index (χ4v) is 5.26. The van der Waals surface area contributed by atoms with Crippen molar-refractivity contribution in [2.45, 2.75) is 12.8 Å². The maximum Gasteiger partial charge on any atom is 0.255 e. The van der Waals surface area contributed by atoms with E-state index >= 15 is 0 Å². The molecule has 0 aliphatic carbocycles. The molecule has 3 heterocycles. The van der Waals surface area contributed by atoms with Gasteiger partial charge in [0.15, 0.2) is 0 Å². The molecule has 0 atom stereocenters. The Morgan fingerprint density at radius 1 is 0.850 bits per heavy atom. The summed E-state index contributed by atoms with van der Waals surface area (Å²) in [5.74, 6) is 0.465. The maximum absolute atomic E-state index is 12.8. The standard InChI is InChI=1S/C31H34N6O3/c38-30(32-13-16-36-17-19-40-20-18-36)23-5-3-22(4-6-23)29-34-27-12-9-25(21-28(27)35-29)33-31(39)24-7-10-26(11-8-24)37-14-1-2-15-37/h3-12,21H,1-2,13-20H2,(H,32,38)(H,33,39)(H,34,35). The van der Waals surface area contributed by atoms with Gasteiger partial charge in [-0.25, -0.2) is 4.98 Å². The van der Waals surface area contributed by atoms with E-state index < -0.39 is 0 Å². The third-order valence-corrected chi connectivity index (χ3v) is 7.58. The summed E-state index contributed by atoms with van der Waals surface area (Å²) in [6.07, 6.45) is 2.44. The SMILES string of the molecule is O=C(NCCN1CCOCC1)c1ccc(-c2nc3cc(NC(=O)c4ccc(N5CCCC5)cc4)ccc3[nH]2)cc1. The lowest BCUT2D eigenvalue weighted by molar-refractivity contribution is 0.0383. The minimum Gasteiger partial charge on any atom is -0.379 e. The molecule has 2 aliphatic rings. The average molecular weight is 539 g/mol. The second-order valence-electron chi connectivity index (χ2n) is 10.3. The van der Waals surface area contributed by atoms with Gasteiger partial charge in [0.1, 0.15) is 5.82 Å². The van der Waals surface area contributed by atoms with E-state index in [4.69, 9.17) is 9.72 Å². The zero-order chi connectivity index (χ0) is 27.3. The monoisotopic (exact) mass is 538 g/mol. The van der Waals surface area contributed by atoms with Gasteiger partial charge in [-0.2, -0.15) is 0 Å². The summed E-state index contributed by atoms with van der Waals surface area (Å²) in [7, 11) is 0. The molecule has 2 aliphatic heterocycles. The van der Waals surface area contributed by atoms with E-state index in [-0.39, 0.29) is 11.8 Å². The van der Waals surface area contributed by atoms with Crippen LogP contribution in [-0.4, -0.2) is 79.2 Å². The van der Waals surface area contributed by atoms with Crippen LogP contribution in [0.5, 0.6) is 0 Å². The molecule has 2 amide bonds. The van der Waals surface area contributed by atoms with Crippen molar-refractivity contribution in [2.75, 3.05) is 62.7 Å². The Kier molecular flexibility index (Phi) is 7.74. The van der Waals surface area contributed by atoms with Crippen LogP contribution in [0.3, 0.4) is 0 Å². The number of aromatic amines is 1. The van der Waals surface area contributed by atoms with Gasteiger partial charge in [-0.1, -0.05) is 12.1 Å². The molecule has 206 valence electrons. The third kappa shape index (κ3) is 6.00. The van der Waals surface area contributed by atoms with Gasteiger partial charge in [0.2, 0.25) is 0 Å². The Morgan fingerprint density at radius 2 is 1.55 bits per heavy atom. The quantitative estimate of drug-likeness (QED) is 0.312. The smallest absolute Gasteiger partial charge is 0.255 e. The van der Waals surface area contributed by atoms with Crippen LogP contribution in [0.15, 0.2) is 66.7 Å². The predicted molar refractivity (Wildman–Crippen MR) is 157 cm³/mol. The number of hydrogen-bond acceptors (Lipinski definition) is 6. The number of nitrogens with one attached hydrogen (secondary N) is 3. The number of morpholine rings is 1. The molecule has 9 heteroatoms. The van der Waals surface area contributed by atoms with Crippen molar-refractivity contribution in [1.29, 1.82) is 0 Å². The Balaban J connectivity index is 1.07. The first-order valence-corrected chi connectivity index (χ1v) is 14.0. The van der Waals surface area contributed by atoms with Gasteiger partial charge >= 0.3 is 0 Å². The molecule has 0 bridgehead atoms. The summed E-state index contributed by atoms with van der Waals surface area (Å²) in [5.41, 5.74) is 5.58. The zero-order valence-electron chi connectivity index (χ0n) is 22.5. The number of H-pyrrole nitrogens is 1. The molecule has 6 rings (SSSR count). The number of fused-ring (bicyclic) bond motifs is 1. The molecular weight excluding hydrogens is 504 g/mol. The van der Waals surface area contributed by atoms with Gasteiger partial charge in [0, 0.05) is 67.3 Å². The Bertz CT molecular complexity index is 1470. The molecule has 2 saturated heterocycles. The van der Waals surface area contributed by atoms with Gasteiger partial charge in [0.25, 0.3) is 11.8 Å². The zero-order valence-corrected chi connectivity index (χ0v) is 22.5. The number of carbonyl (C=O) groups is 2. The molecule has 1 aromatic heterocycles. The lowest BCUT2D eigenvalue weighted by Gasteiger charge is -2.26.